The lowest BCUT2D eigenvalue weighted by Crippen LogP contribution is -2.23. The van der Waals surface area contributed by atoms with Crippen LogP contribution in [-0.2, 0) is 6.54 Å². The molecule has 4 heteroatoms. The quantitative estimate of drug-likeness (QED) is 0.837. The molecule has 1 unspecified atom stereocenters. The summed E-state index contributed by atoms with van der Waals surface area (Å²) in [5.41, 5.74) is 2.35. The van der Waals surface area contributed by atoms with E-state index < -0.39 is 0 Å². The van der Waals surface area contributed by atoms with Crippen molar-refractivity contribution in [3.05, 3.63) is 17.5 Å². The van der Waals surface area contributed by atoms with Crippen LogP contribution < -0.4 is 0 Å². The van der Waals surface area contributed by atoms with Gasteiger partial charge in [-0.2, -0.15) is 5.10 Å². The van der Waals surface area contributed by atoms with Crippen LogP contribution in [0.25, 0.3) is 0 Å². The van der Waals surface area contributed by atoms with E-state index in [1.165, 1.54) is 5.69 Å². The fraction of sp³-hybridized carbons (Fsp3) is 0.769. The normalized spacial score (nSPS) is 21.2. The van der Waals surface area contributed by atoms with Crippen molar-refractivity contribution < 1.29 is 5.11 Å². The van der Waals surface area contributed by atoms with Crippen molar-refractivity contribution in [3.8, 4) is 0 Å². The second-order valence-electron chi connectivity index (χ2n) is 5.14. The predicted octanol–water partition coefficient (Wildman–Crippen LogP) is 1.20. The second kappa shape index (κ2) is 5.65. The summed E-state index contributed by atoms with van der Waals surface area (Å²) >= 11 is 0. The minimum atomic E-state index is 0.341. The van der Waals surface area contributed by atoms with Gasteiger partial charge in [0.1, 0.15) is 0 Å². The van der Waals surface area contributed by atoms with Crippen LogP contribution in [-0.4, -0.2) is 46.0 Å². The maximum absolute atomic E-state index is 9.09. The van der Waals surface area contributed by atoms with Crippen LogP contribution in [0.4, 0.5) is 0 Å². The third kappa shape index (κ3) is 3.30. The predicted molar refractivity (Wildman–Crippen MR) is 68.0 cm³/mol. The Labute approximate surface area is 103 Å². The van der Waals surface area contributed by atoms with E-state index in [9.17, 15) is 0 Å². The van der Waals surface area contributed by atoms with Crippen LogP contribution in [0.1, 0.15) is 24.2 Å². The van der Waals surface area contributed by atoms with Crippen molar-refractivity contribution in [2.75, 3.05) is 26.2 Å². The summed E-state index contributed by atoms with van der Waals surface area (Å²) < 4.78 is 2.09. The molecule has 0 spiro atoms. The number of nitrogens with zero attached hydrogens (tertiary/aromatic N) is 3. The Hall–Kier alpha value is -0.870. The molecule has 1 aliphatic rings. The zero-order valence-electron chi connectivity index (χ0n) is 10.9. The lowest BCUT2D eigenvalue weighted by Gasteiger charge is -2.15. The first kappa shape index (κ1) is 12.6. The van der Waals surface area contributed by atoms with Crippen molar-refractivity contribution in [2.45, 2.75) is 33.2 Å². The Balaban J connectivity index is 1.71. The highest BCUT2D eigenvalue weighted by atomic mass is 16.3. The molecule has 0 saturated carbocycles. The van der Waals surface area contributed by atoms with Crippen LogP contribution in [0.3, 0.4) is 0 Å². The molecule has 0 aliphatic carbocycles. The first-order chi connectivity index (χ1) is 8.19. The van der Waals surface area contributed by atoms with Gasteiger partial charge in [0, 0.05) is 25.4 Å². The highest BCUT2D eigenvalue weighted by Gasteiger charge is 2.20. The van der Waals surface area contributed by atoms with Gasteiger partial charge in [-0.05, 0) is 51.8 Å². The topological polar surface area (TPSA) is 41.3 Å². The monoisotopic (exact) mass is 237 g/mol. The van der Waals surface area contributed by atoms with E-state index in [2.05, 4.69) is 27.7 Å². The summed E-state index contributed by atoms with van der Waals surface area (Å²) in [7, 11) is 0. The smallest absolute Gasteiger partial charge is 0.0596 e. The lowest BCUT2D eigenvalue weighted by molar-refractivity contribution is 0.220. The van der Waals surface area contributed by atoms with Gasteiger partial charge in [-0.15, -0.1) is 0 Å². The molecule has 1 fully saturated rings. The van der Waals surface area contributed by atoms with Gasteiger partial charge < -0.3 is 10.0 Å². The molecule has 4 nitrogen and oxygen atoms in total. The highest BCUT2D eigenvalue weighted by Crippen LogP contribution is 2.15. The second-order valence-corrected chi connectivity index (χ2v) is 5.14. The number of aromatic nitrogens is 2. The van der Waals surface area contributed by atoms with Crippen molar-refractivity contribution in [1.82, 2.24) is 14.7 Å². The third-order valence-corrected chi connectivity index (χ3v) is 3.58. The molecule has 96 valence electrons. The van der Waals surface area contributed by atoms with Gasteiger partial charge >= 0.3 is 0 Å². The molecule has 0 bridgehead atoms. The number of likely N-dealkylation sites (tertiary alicyclic amines) is 1. The number of rotatable bonds is 5. The van der Waals surface area contributed by atoms with Crippen molar-refractivity contribution in [3.63, 3.8) is 0 Å². The molecular formula is C13H23N3O. The van der Waals surface area contributed by atoms with Crippen molar-refractivity contribution in [2.24, 2.45) is 5.92 Å². The van der Waals surface area contributed by atoms with Gasteiger partial charge in [-0.25, -0.2) is 0 Å². The Morgan fingerprint density at radius 1 is 1.41 bits per heavy atom. The summed E-state index contributed by atoms with van der Waals surface area (Å²) in [4.78, 5) is 2.45. The number of hydrogen-bond donors (Lipinski definition) is 1. The number of aryl methyl sites for hydroxylation is 3. The summed E-state index contributed by atoms with van der Waals surface area (Å²) in [5.74, 6) is 0.503. The minimum Gasteiger partial charge on any atom is -0.396 e. The van der Waals surface area contributed by atoms with E-state index >= 15 is 0 Å². The Morgan fingerprint density at radius 3 is 2.82 bits per heavy atom. The molecule has 1 aromatic rings. The number of aliphatic hydroxyl groups excluding tert-OH is 1. The third-order valence-electron chi connectivity index (χ3n) is 3.58. The standard InChI is InChI=1S/C13H23N3O/c1-11-8-12(2)16(14-11)6-3-5-15-7-4-13(9-15)10-17/h8,13,17H,3-7,9-10H2,1-2H3. The average Bonchev–Trinajstić information content (AvgIpc) is 2.86. The molecule has 1 aromatic heterocycles. The minimum absolute atomic E-state index is 0.341. The molecule has 1 aliphatic heterocycles. The van der Waals surface area contributed by atoms with E-state index in [1.54, 1.807) is 0 Å². The fourth-order valence-corrected chi connectivity index (χ4v) is 2.61. The first-order valence-electron chi connectivity index (χ1n) is 6.53. The van der Waals surface area contributed by atoms with Gasteiger partial charge in [0.25, 0.3) is 0 Å². The van der Waals surface area contributed by atoms with Crippen molar-refractivity contribution >= 4 is 0 Å². The molecule has 0 radical (unpaired) electrons. The molecule has 1 saturated heterocycles. The largest absolute Gasteiger partial charge is 0.396 e. The molecular weight excluding hydrogens is 214 g/mol. The van der Waals surface area contributed by atoms with Gasteiger partial charge in [-0.1, -0.05) is 0 Å². The van der Waals surface area contributed by atoms with Crippen LogP contribution in [0.2, 0.25) is 0 Å². The average molecular weight is 237 g/mol. The maximum Gasteiger partial charge on any atom is 0.0596 e. The summed E-state index contributed by atoms with van der Waals surface area (Å²) in [6.07, 6.45) is 2.29. The SMILES string of the molecule is Cc1cc(C)n(CCCN2CCC(CO)C2)n1. The van der Waals surface area contributed by atoms with Crippen molar-refractivity contribution in [1.29, 1.82) is 0 Å². The molecule has 1 N–H and O–H groups in total. The zero-order chi connectivity index (χ0) is 12.3. The summed E-state index contributed by atoms with van der Waals surface area (Å²) in [5, 5.41) is 13.5. The van der Waals surface area contributed by atoms with E-state index in [1.807, 2.05) is 6.92 Å². The van der Waals surface area contributed by atoms with Gasteiger partial charge in [0.05, 0.1) is 5.69 Å². The molecule has 0 amide bonds. The van der Waals surface area contributed by atoms with Crippen LogP contribution in [0, 0.1) is 19.8 Å². The molecule has 1 atom stereocenters. The molecule has 2 heterocycles. The maximum atomic E-state index is 9.09. The van der Waals surface area contributed by atoms with E-state index in [0.717, 1.165) is 44.7 Å². The highest BCUT2D eigenvalue weighted by molar-refractivity contribution is 5.06. The Bertz CT molecular complexity index is 362. The summed E-state index contributed by atoms with van der Waals surface area (Å²) in [6, 6.07) is 2.12. The Morgan fingerprint density at radius 2 is 2.24 bits per heavy atom. The fourth-order valence-electron chi connectivity index (χ4n) is 2.61. The van der Waals surface area contributed by atoms with E-state index in [0.29, 0.717) is 12.5 Å². The number of hydrogen-bond acceptors (Lipinski definition) is 3. The van der Waals surface area contributed by atoms with Crippen LogP contribution in [0.5, 0.6) is 0 Å². The molecule has 0 aromatic carbocycles. The van der Waals surface area contributed by atoms with Gasteiger partial charge in [-0.3, -0.25) is 4.68 Å². The lowest BCUT2D eigenvalue weighted by atomic mass is 10.1. The van der Waals surface area contributed by atoms with Gasteiger partial charge in [0.2, 0.25) is 0 Å². The van der Waals surface area contributed by atoms with Crippen LogP contribution in [0.15, 0.2) is 6.07 Å². The van der Waals surface area contributed by atoms with Gasteiger partial charge in [0.15, 0.2) is 0 Å². The van der Waals surface area contributed by atoms with Crippen LogP contribution >= 0.6 is 0 Å². The first-order valence-corrected chi connectivity index (χ1v) is 6.53. The van der Waals surface area contributed by atoms with E-state index in [4.69, 9.17) is 5.11 Å². The van der Waals surface area contributed by atoms with E-state index in [-0.39, 0.29) is 0 Å². The Kier molecular flexibility index (Phi) is 4.18. The zero-order valence-corrected chi connectivity index (χ0v) is 10.9. The summed E-state index contributed by atoms with van der Waals surface area (Å²) in [6.45, 7) is 8.81. The number of aliphatic hydroxyl groups is 1. The molecule has 2 rings (SSSR count). The molecule has 17 heavy (non-hydrogen) atoms.